The number of likely N-dealkylation sites (N-methyl/N-ethyl adjacent to an activating group) is 1. The zero-order valence-corrected chi connectivity index (χ0v) is 13.1. The largest absolute Gasteiger partial charge is 0.351 e. The molecule has 0 aromatic carbocycles. The number of carbonyl (C=O) groups excluding carboxylic acids is 1. The number of nitrogens with one attached hydrogen (secondary N) is 1. The van der Waals surface area contributed by atoms with Crippen LogP contribution in [0.1, 0.15) is 12.0 Å². The molecule has 1 aliphatic rings. The number of hydrogen-bond acceptors (Lipinski definition) is 5. The van der Waals surface area contributed by atoms with Gasteiger partial charge in [0.25, 0.3) is 0 Å². The number of nitrogens with zero attached hydrogens (tertiary/aromatic N) is 5. The molecule has 1 amide bonds. The van der Waals surface area contributed by atoms with Gasteiger partial charge in [0.2, 0.25) is 5.91 Å². The van der Waals surface area contributed by atoms with Gasteiger partial charge in [-0.05, 0) is 26.6 Å². The molecule has 1 saturated heterocycles. The fourth-order valence-corrected chi connectivity index (χ4v) is 2.83. The summed E-state index contributed by atoms with van der Waals surface area (Å²) < 4.78 is 1.71. The molecule has 1 fully saturated rings. The van der Waals surface area contributed by atoms with E-state index in [4.69, 9.17) is 0 Å². The summed E-state index contributed by atoms with van der Waals surface area (Å²) in [5.41, 5.74) is 1.72. The molecule has 1 atom stereocenters. The molecule has 2 aromatic rings. The van der Waals surface area contributed by atoms with Crippen LogP contribution in [-0.4, -0.2) is 70.1 Å². The highest BCUT2D eigenvalue weighted by Gasteiger charge is 2.25. The van der Waals surface area contributed by atoms with Crippen LogP contribution >= 0.6 is 0 Å². The summed E-state index contributed by atoms with van der Waals surface area (Å²) >= 11 is 0. The summed E-state index contributed by atoms with van der Waals surface area (Å²) in [6.45, 7) is 2.86. The molecule has 2 aromatic heterocycles. The summed E-state index contributed by atoms with van der Waals surface area (Å²) in [6.07, 6.45) is 6.45. The SMILES string of the molecule is CN(C)[C@@H]1CCN(CC(=O)NCc2cnn3cccnc23)C1. The summed E-state index contributed by atoms with van der Waals surface area (Å²) in [6, 6.07) is 2.38. The lowest BCUT2D eigenvalue weighted by Crippen LogP contribution is -2.38. The predicted molar refractivity (Wildman–Crippen MR) is 83.4 cm³/mol. The Morgan fingerprint density at radius 2 is 2.36 bits per heavy atom. The Hall–Kier alpha value is -1.99. The van der Waals surface area contributed by atoms with E-state index in [9.17, 15) is 4.79 Å². The van der Waals surface area contributed by atoms with Gasteiger partial charge in [0.05, 0.1) is 12.7 Å². The average molecular weight is 302 g/mol. The first-order valence-electron chi connectivity index (χ1n) is 7.56. The summed E-state index contributed by atoms with van der Waals surface area (Å²) in [5, 5.41) is 7.18. The molecule has 3 rings (SSSR count). The molecule has 0 radical (unpaired) electrons. The van der Waals surface area contributed by atoms with Gasteiger partial charge in [-0.15, -0.1) is 0 Å². The number of likely N-dealkylation sites (tertiary alicyclic amines) is 1. The number of hydrogen-bond donors (Lipinski definition) is 1. The van der Waals surface area contributed by atoms with E-state index in [2.05, 4.69) is 39.3 Å². The molecular weight excluding hydrogens is 280 g/mol. The smallest absolute Gasteiger partial charge is 0.234 e. The second kappa shape index (κ2) is 6.41. The molecular formula is C15H22N6O. The Balaban J connectivity index is 1.51. The summed E-state index contributed by atoms with van der Waals surface area (Å²) in [5.74, 6) is 0.0506. The monoisotopic (exact) mass is 302 g/mol. The van der Waals surface area contributed by atoms with Crippen LogP contribution in [0.15, 0.2) is 24.7 Å². The van der Waals surface area contributed by atoms with Crippen molar-refractivity contribution >= 4 is 11.6 Å². The fourth-order valence-electron chi connectivity index (χ4n) is 2.83. The van der Waals surface area contributed by atoms with Crippen molar-refractivity contribution in [2.45, 2.75) is 19.0 Å². The molecule has 7 nitrogen and oxygen atoms in total. The average Bonchev–Trinajstić information content (AvgIpc) is 3.12. The van der Waals surface area contributed by atoms with Crippen LogP contribution < -0.4 is 5.32 Å². The second-order valence-electron chi connectivity index (χ2n) is 5.98. The third-order valence-electron chi connectivity index (χ3n) is 4.17. The number of carbonyl (C=O) groups is 1. The van der Waals surface area contributed by atoms with Gasteiger partial charge in [-0.1, -0.05) is 0 Å². The van der Waals surface area contributed by atoms with Crippen molar-refractivity contribution in [3.8, 4) is 0 Å². The highest BCUT2D eigenvalue weighted by molar-refractivity contribution is 5.78. The second-order valence-corrected chi connectivity index (χ2v) is 5.98. The molecule has 0 saturated carbocycles. The predicted octanol–water partition coefficient (Wildman–Crippen LogP) is -0.0186. The van der Waals surface area contributed by atoms with Crippen LogP contribution in [-0.2, 0) is 11.3 Å². The van der Waals surface area contributed by atoms with E-state index in [0.29, 0.717) is 19.1 Å². The highest BCUT2D eigenvalue weighted by Crippen LogP contribution is 2.12. The Labute approximate surface area is 129 Å². The molecule has 118 valence electrons. The fraction of sp³-hybridized carbons (Fsp3) is 0.533. The summed E-state index contributed by atoms with van der Waals surface area (Å²) in [4.78, 5) is 20.8. The number of amides is 1. The first kappa shape index (κ1) is 14.9. The van der Waals surface area contributed by atoms with Crippen LogP contribution in [0.4, 0.5) is 0 Å². The van der Waals surface area contributed by atoms with Crippen LogP contribution in [0.2, 0.25) is 0 Å². The number of rotatable bonds is 5. The van der Waals surface area contributed by atoms with Crippen molar-refractivity contribution in [3.63, 3.8) is 0 Å². The van der Waals surface area contributed by atoms with Crippen molar-refractivity contribution in [1.29, 1.82) is 0 Å². The first-order chi connectivity index (χ1) is 10.6. The molecule has 22 heavy (non-hydrogen) atoms. The molecule has 3 heterocycles. The van der Waals surface area contributed by atoms with E-state index in [1.807, 2.05) is 12.3 Å². The Bertz CT molecular complexity index is 652. The lowest BCUT2D eigenvalue weighted by atomic mass is 10.2. The standard InChI is InChI=1S/C15H22N6O/c1-19(2)13-4-7-20(10-13)11-14(22)17-8-12-9-18-21-6-3-5-16-15(12)21/h3,5-6,9,13H,4,7-8,10-11H2,1-2H3,(H,17,22)/t13-/m1/s1. The van der Waals surface area contributed by atoms with Crippen LogP contribution in [0, 0.1) is 0 Å². The third kappa shape index (κ3) is 3.26. The maximum absolute atomic E-state index is 12.1. The maximum atomic E-state index is 12.1. The van der Waals surface area contributed by atoms with E-state index in [1.54, 1.807) is 16.9 Å². The van der Waals surface area contributed by atoms with Gasteiger partial charge in [0, 0.05) is 43.6 Å². The first-order valence-corrected chi connectivity index (χ1v) is 7.56. The van der Waals surface area contributed by atoms with Crippen LogP contribution in [0.3, 0.4) is 0 Å². The Morgan fingerprint density at radius 1 is 1.50 bits per heavy atom. The van der Waals surface area contributed by atoms with Crippen molar-refractivity contribution < 1.29 is 4.79 Å². The molecule has 7 heteroatoms. The van der Waals surface area contributed by atoms with Gasteiger partial charge in [-0.2, -0.15) is 5.10 Å². The third-order valence-corrected chi connectivity index (χ3v) is 4.17. The van der Waals surface area contributed by atoms with E-state index in [-0.39, 0.29) is 5.91 Å². The lowest BCUT2D eigenvalue weighted by Gasteiger charge is -2.20. The Morgan fingerprint density at radius 3 is 3.14 bits per heavy atom. The van der Waals surface area contributed by atoms with Gasteiger partial charge in [-0.3, -0.25) is 9.69 Å². The topological polar surface area (TPSA) is 65.8 Å². The van der Waals surface area contributed by atoms with Crippen LogP contribution in [0.5, 0.6) is 0 Å². The van der Waals surface area contributed by atoms with E-state index in [1.165, 1.54) is 0 Å². The zero-order valence-electron chi connectivity index (χ0n) is 13.1. The molecule has 0 spiro atoms. The van der Waals surface area contributed by atoms with Crippen LogP contribution in [0.25, 0.3) is 5.65 Å². The van der Waals surface area contributed by atoms with Gasteiger partial charge in [-0.25, -0.2) is 9.50 Å². The quantitative estimate of drug-likeness (QED) is 0.841. The lowest BCUT2D eigenvalue weighted by molar-refractivity contribution is -0.122. The number of fused-ring (bicyclic) bond motifs is 1. The minimum atomic E-state index is 0.0506. The summed E-state index contributed by atoms with van der Waals surface area (Å²) in [7, 11) is 4.18. The van der Waals surface area contributed by atoms with E-state index in [0.717, 1.165) is 30.7 Å². The number of aromatic nitrogens is 3. The zero-order chi connectivity index (χ0) is 15.5. The normalized spacial score (nSPS) is 19.1. The molecule has 0 aliphatic carbocycles. The van der Waals surface area contributed by atoms with Gasteiger partial charge in [0.1, 0.15) is 0 Å². The Kier molecular flexibility index (Phi) is 4.35. The van der Waals surface area contributed by atoms with Gasteiger partial charge < -0.3 is 10.2 Å². The van der Waals surface area contributed by atoms with Gasteiger partial charge in [0.15, 0.2) is 5.65 Å². The molecule has 1 N–H and O–H groups in total. The van der Waals surface area contributed by atoms with Gasteiger partial charge >= 0.3 is 0 Å². The van der Waals surface area contributed by atoms with E-state index < -0.39 is 0 Å². The highest BCUT2D eigenvalue weighted by atomic mass is 16.2. The van der Waals surface area contributed by atoms with Crippen molar-refractivity contribution in [2.75, 3.05) is 33.7 Å². The van der Waals surface area contributed by atoms with Crippen molar-refractivity contribution in [2.24, 2.45) is 0 Å². The molecule has 1 aliphatic heterocycles. The van der Waals surface area contributed by atoms with E-state index >= 15 is 0 Å². The van der Waals surface area contributed by atoms with Crippen molar-refractivity contribution in [1.82, 2.24) is 29.7 Å². The maximum Gasteiger partial charge on any atom is 0.234 e. The molecule has 0 bridgehead atoms. The molecule has 0 unspecified atom stereocenters. The minimum absolute atomic E-state index is 0.0506. The minimum Gasteiger partial charge on any atom is -0.351 e. The van der Waals surface area contributed by atoms with Crippen molar-refractivity contribution in [3.05, 3.63) is 30.2 Å².